The van der Waals surface area contributed by atoms with Gasteiger partial charge in [0.25, 0.3) is 0 Å². The molecule has 34 heavy (non-hydrogen) atoms. The fourth-order valence-electron chi connectivity index (χ4n) is 4.42. The van der Waals surface area contributed by atoms with Gasteiger partial charge in [-0.25, -0.2) is 0 Å². The van der Waals surface area contributed by atoms with Crippen molar-refractivity contribution in [2.75, 3.05) is 7.11 Å². The molecule has 172 valence electrons. The Morgan fingerprint density at radius 3 is 2.41 bits per heavy atom. The number of nitrogens with zero attached hydrogens (tertiary/aromatic N) is 3. The Kier molecular flexibility index (Phi) is 4.97. The van der Waals surface area contributed by atoms with Crippen molar-refractivity contribution in [3.8, 4) is 28.4 Å². The van der Waals surface area contributed by atoms with Crippen molar-refractivity contribution < 1.29 is 19.1 Å². The van der Waals surface area contributed by atoms with Gasteiger partial charge in [0.05, 0.1) is 18.8 Å². The second kappa shape index (κ2) is 7.87. The van der Waals surface area contributed by atoms with Gasteiger partial charge in [0.15, 0.2) is 0 Å². The molecule has 1 unspecified atom stereocenters. The zero-order valence-electron chi connectivity index (χ0n) is 18.7. The van der Waals surface area contributed by atoms with Gasteiger partial charge >= 0.3 is 0 Å². The number of benzene rings is 2. The Labute approximate surface area is 195 Å². The van der Waals surface area contributed by atoms with E-state index in [-0.39, 0.29) is 5.92 Å². The molecule has 1 aliphatic rings. The van der Waals surface area contributed by atoms with Crippen LogP contribution in [-0.4, -0.2) is 33.7 Å². The lowest BCUT2D eigenvalue weighted by Gasteiger charge is -2.13. The van der Waals surface area contributed by atoms with Crippen LogP contribution in [0.3, 0.4) is 0 Å². The van der Waals surface area contributed by atoms with Gasteiger partial charge in [0.2, 0.25) is 11.8 Å². The number of primary amides is 2. The maximum atomic E-state index is 11.8. The van der Waals surface area contributed by atoms with Crippen molar-refractivity contribution in [1.82, 2.24) is 14.8 Å². The van der Waals surface area contributed by atoms with Crippen LogP contribution in [-0.2, 0) is 16.6 Å². The minimum absolute atomic E-state index is 0.312. The molecule has 0 aliphatic heterocycles. The highest BCUT2D eigenvalue weighted by molar-refractivity contribution is 6.08. The van der Waals surface area contributed by atoms with Crippen LogP contribution in [0.15, 0.2) is 61.1 Å². The quantitative estimate of drug-likeness (QED) is 0.410. The molecule has 0 radical (unpaired) electrons. The molecule has 0 bridgehead atoms. The monoisotopic (exact) mass is 457 g/mol. The van der Waals surface area contributed by atoms with Crippen molar-refractivity contribution in [2.24, 2.45) is 23.9 Å². The van der Waals surface area contributed by atoms with E-state index in [1.165, 1.54) is 0 Å². The van der Waals surface area contributed by atoms with Gasteiger partial charge in [-0.1, -0.05) is 12.1 Å². The highest BCUT2D eigenvalue weighted by atomic mass is 16.5. The summed E-state index contributed by atoms with van der Waals surface area (Å²) in [5, 5.41) is 5.03. The van der Waals surface area contributed by atoms with Crippen molar-refractivity contribution in [1.29, 1.82) is 0 Å². The minimum Gasteiger partial charge on any atom is -0.496 e. The first-order valence-electron chi connectivity index (χ1n) is 10.7. The van der Waals surface area contributed by atoms with Crippen LogP contribution in [0.2, 0.25) is 0 Å². The number of hydrogen-bond donors (Lipinski definition) is 2. The lowest BCUT2D eigenvalue weighted by Crippen LogP contribution is -2.38. The van der Waals surface area contributed by atoms with Gasteiger partial charge < -0.3 is 20.9 Å². The number of carbonyl (C=O) groups is 2. The first-order valence-corrected chi connectivity index (χ1v) is 10.7. The lowest BCUT2D eigenvalue weighted by atomic mass is 9.97. The summed E-state index contributed by atoms with van der Waals surface area (Å²) < 4.78 is 13.5. The average molecular weight is 457 g/mol. The molecule has 1 atom stereocenters. The number of pyridine rings is 1. The third-order valence-electron chi connectivity index (χ3n) is 6.39. The summed E-state index contributed by atoms with van der Waals surface area (Å²) in [6, 6.07) is 12.8. The topological polar surface area (TPSA) is 135 Å². The summed E-state index contributed by atoms with van der Waals surface area (Å²) in [4.78, 5) is 28.1. The van der Waals surface area contributed by atoms with Crippen LogP contribution in [0.25, 0.3) is 22.0 Å². The number of rotatable bonds is 7. The van der Waals surface area contributed by atoms with Crippen LogP contribution in [0.5, 0.6) is 17.2 Å². The van der Waals surface area contributed by atoms with E-state index in [4.69, 9.17) is 20.9 Å². The minimum atomic E-state index is -1.30. The Balaban J connectivity index is 1.44. The molecular formula is C25H23N5O4. The van der Waals surface area contributed by atoms with Crippen LogP contribution in [0.1, 0.15) is 17.9 Å². The average Bonchev–Trinajstić information content (AvgIpc) is 3.46. The van der Waals surface area contributed by atoms with Crippen molar-refractivity contribution in [3.05, 3.63) is 66.6 Å². The van der Waals surface area contributed by atoms with E-state index in [2.05, 4.69) is 10.1 Å². The van der Waals surface area contributed by atoms with E-state index in [1.807, 2.05) is 37.5 Å². The number of methoxy groups -OCH3 is 1. The number of aryl methyl sites for hydroxylation is 1. The molecule has 1 fully saturated rings. The second-order valence-electron chi connectivity index (χ2n) is 8.41. The van der Waals surface area contributed by atoms with E-state index in [0.717, 1.165) is 27.6 Å². The fraction of sp³-hybridized carbons (Fsp3) is 0.200. The van der Waals surface area contributed by atoms with E-state index in [1.54, 1.807) is 42.4 Å². The maximum absolute atomic E-state index is 11.8. The van der Waals surface area contributed by atoms with E-state index in [9.17, 15) is 9.59 Å². The first-order chi connectivity index (χ1) is 16.3. The Morgan fingerprint density at radius 1 is 1.09 bits per heavy atom. The van der Waals surface area contributed by atoms with E-state index < -0.39 is 17.2 Å². The zero-order chi connectivity index (χ0) is 24.0. The van der Waals surface area contributed by atoms with Crippen LogP contribution in [0, 0.1) is 5.41 Å². The van der Waals surface area contributed by atoms with Gasteiger partial charge in [-0.2, -0.15) is 5.10 Å². The predicted molar refractivity (Wildman–Crippen MR) is 125 cm³/mol. The third kappa shape index (κ3) is 3.42. The number of hydrogen-bond acceptors (Lipinski definition) is 6. The molecule has 9 heteroatoms. The summed E-state index contributed by atoms with van der Waals surface area (Å²) in [5.74, 6) is 0.200. The zero-order valence-corrected chi connectivity index (χ0v) is 18.7. The van der Waals surface area contributed by atoms with Crippen molar-refractivity contribution in [3.63, 3.8) is 0 Å². The Bertz CT molecular complexity index is 1410. The fourth-order valence-corrected chi connectivity index (χ4v) is 4.42. The van der Waals surface area contributed by atoms with E-state index in [0.29, 0.717) is 23.7 Å². The largest absolute Gasteiger partial charge is 0.496 e. The SMILES string of the molecule is COc1cc2c(Oc3ccc(C4CC4(C(N)=O)C(N)=O)cc3)ccnc2cc1-c1cnn(C)c1. The van der Waals surface area contributed by atoms with Gasteiger partial charge in [-0.3, -0.25) is 19.3 Å². The highest BCUT2D eigenvalue weighted by Gasteiger charge is 2.64. The first kappa shape index (κ1) is 21.4. The van der Waals surface area contributed by atoms with Crippen LogP contribution in [0.4, 0.5) is 0 Å². The molecule has 4 N–H and O–H groups in total. The molecule has 2 amide bonds. The number of fused-ring (bicyclic) bond motifs is 1. The molecule has 2 aromatic heterocycles. The summed E-state index contributed by atoms with van der Waals surface area (Å²) in [6.45, 7) is 0. The molecule has 5 rings (SSSR count). The van der Waals surface area contributed by atoms with Crippen molar-refractivity contribution >= 4 is 22.7 Å². The summed E-state index contributed by atoms with van der Waals surface area (Å²) in [5.41, 5.74) is 12.9. The number of aromatic nitrogens is 3. The highest BCUT2D eigenvalue weighted by Crippen LogP contribution is 2.59. The molecule has 2 heterocycles. The molecular weight excluding hydrogens is 434 g/mol. The van der Waals surface area contributed by atoms with Gasteiger partial charge in [0, 0.05) is 41.9 Å². The molecule has 2 aromatic carbocycles. The third-order valence-corrected chi connectivity index (χ3v) is 6.39. The van der Waals surface area contributed by atoms with Crippen LogP contribution < -0.4 is 20.9 Å². The Morgan fingerprint density at radius 2 is 1.82 bits per heavy atom. The number of ether oxygens (including phenoxy) is 2. The second-order valence-corrected chi connectivity index (χ2v) is 8.41. The maximum Gasteiger partial charge on any atom is 0.233 e. The smallest absolute Gasteiger partial charge is 0.233 e. The summed E-state index contributed by atoms with van der Waals surface area (Å²) >= 11 is 0. The van der Waals surface area contributed by atoms with Crippen molar-refractivity contribution in [2.45, 2.75) is 12.3 Å². The molecule has 9 nitrogen and oxygen atoms in total. The van der Waals surface area contributed by atoms with Crippen LogP contribution >= 0.6 is 0 Å². The summed E-state index contributed by atoms with van der Waals surface area (Å²) in [7, 11) is 3.48. The van der Waals surface area contributed by atoms with Gasteiger partial charge in [-0.15, -0.1) is 0 Å². The molecule has 1 aliphatic carbocycles. The predicted octanol–water partition coefficient (Wildman–Crippen LogP) is 2.88. The van der Waals surface area contributed by atoms with E-state index >= 15 is 0 Å². The van der Waals surface area contributed by atoms with Gasteiger partial charge in [0.1, 0.15) is 22.7 Å². The lowest BCUT2D eigenvalue weighted by molar-refractivity contribution is -0.133. The molecule has 0 spiro atoms. The molecule has 1 saturated carbocycles. The normalized spacial score (nSPS) is 16.2. The molecule has 0 saturated heterocycles. The number of carbonyl (C=O) groups excluding carboxylic acids is 2. The number of nitrogens with two attached hydrogens (primary N) is 2. The summed E-state index contributed by atoms with van der Waals surface area (Å²) in [6.07, 6.45) is 5.70. The Hall–Kier alpha value is -4.40. The standard InChI is InChI=1S/C25H23N5O4/c1-30-13-15(12-29-30)17-9-20-18(10-22(17)33-2)21(7-8-28-20)34-16-5-3-14(4-6-16)19-11-25(19,23(26)31)24(27)32/h3-10,12-13,19H,11H2,1-2H3,(H2,26,31)(H2,27,32). The van der Waals surface area contributed by atoms with Gasteiger partial charge in [-0.05, 0) is 42.3 Å². The molecule has 4 aromatic rings. The number of amides is 2.